The van der Waals surface area contributed by atoms with Crippen molar-refractivity contribution in [3.8, 4) is 23.3 Å². The zero-order valence-corrected chi connectivity index (χ0v) is 18.7. The summed E-state index contributed by atoms with van der Waals surface area (Å²) in [5.74, 6) is 0.195. The highest BCUT2D eigenvalue weighted by Crippen LogP contribution is 2.26. The number of para-hydroxylation sites is 3. The number of anilines is 1. The summed E-state index contributed by atoms with van der Waals surface area (Å²) in [6, 6.07) is 20.6. The van der Waals surface area contributed by atoms with Gasteiger partial charge in [0.15, 0.2) is 0 Å². The Morgan fingerprint density at radius 2 is 1.65 bits per heavy atom. The zero-order valence-electron chi connectivity index (χ0n) is 18.7. The molecule has 2 amide bonds. The van der Waals surface area contributed by atoms with Gasteiger partial charge < -0.3 is 25.3 Å². The minimum absolute atomic E-state index is 0.0739. The summed E-state index contributed by atoms with van der Waals surface area (Å²) >= 11 is 0. The first-order chi connectivity index (χ1) is 16.5. The number of hydrogen-bond acceptors (Lipinski definition) is 6. The second kappa shape index (κ2) is 11.2. The molecule has 0 aliphatic rings. The molecule has 0 spiro atoms. The van der Waals surface area contributed by atoms with Crippen LogP contribution in [0.25, 0.3) is 6.08 Å². The quantitative estimate of drug-likeness (QED) is 0.371. The van der Waals surface area contributed by atoms with Crippen LogP contribution in [0.5, 0.6) is 17.2 Å². The van der Waals surface area contributed by atoms with Crippen molar-refractivity contribution in [1.29, 1.82) is 5.26 Å². The molecule has 172 valence electrons. The molecule has 0 saturated heterocycles. The van der Waals surface area contributed by atoms with Crippen LogP contribution < -0.4 is 25.3 Å². The highest BCUT2D eigenvalue weighted by Gasteiger charge is 2.14. The van der Waals surface area contributed by atoms with Crippen LogP contribution in [-0.2, 0) is 11.4 Å². The number of benzene rings is 3. The third kappa shape index (κ3) is 5.72. The van der Waals surface area contributed by atoms with Crippen molar-refractivity contribution in [2.45, 2.75) is 6.61 Å². The number of primary amides is 1. The smallest absolute Gasteiger partial charge is 0.266 e. The van der Waals surface area contributed by atoms with Gasteiger partial charge in [0.25, 0.3) is 11.8 Å². The molecule has 0 fully saturated rings. The fourth-order valence-corrected chi connectivity index (χ4v) is 3.21. The molecule has 3 N–H and O–H groups in total. The van der Waals surface area contributed by atoms with Crippen LogP contribution in [0.4, 0.5) is 5.69 Å². The Balaban J connectivity index is 1.84. The number of rotatable bonds is 9. The summed E-state index contributed by atoms with van der Waals surface area (Å²) in [7, 11) is 3.02. The van der Waals surface area contributed by atoms with E-state index in [2.05, 4.69) is 5.32 Å². The van der Waals surface area contributed by atoms with E-state index in [-0.39, 0.29) is 17.7 Å². The summed E-state index contributed by atoms with van der Waals surface area (Å²) in [6.45, 7) is 0.0739. The molecular formula is C26H23N3O5. The molecule has 34 heavy (non-hydrogen) atoms. The van der Waals surface area contributed by atoms with Gasteiger partial charge in [-0.05, 0) is 48.0 Å². The zero-order chi connectivity index (χ0) is 24.5. The van der Waals surface area contributed by atoms with Gasteiger partial charge in [0.2, 0.25) is 0 Å². The third-order valence-electron chi connectivity index (χ3n) is 4.87. The van der Waals surface area contributed by atoms with Gasteiger partial charge in [-0.2, -0.15) is 5.26 Å². The van der Waals surface area contributed by atoms with Crippen molar-refractivity contribution >= 4 is 23.6 Å². The van der Waals surface area contributed by atoms with E-state index in [0.717, 1.165) is 0 Å². The van der Waals surface area contributed by atoms with E-state index in [9.17, 15) is 14.9 Å². The summed E-state index contributed by atoms with van der Waals surface area (Å²) < 4.78 is 16.4. The van der Waals surface area contributed by atoms with Gasteiger partial charge in [0.1, 0.15) is 35.5 Å². The van der Waals surface area contributed by atoms with Crippen LogP contribution in [0.15, 0.2) is 72.3 Å². The van der Waals surface area contributed by atoms with Crippen LogP contribution in [0.1, 0.15) is 21.5 Å². The molecule has 0 aliphatic carbocycles. The maximum Gasteiger partial charge on any atom is 0.266 e. The van der Waals surface area contributed by atoms with Gasteiger partial charge in [-0.1, -0.05) is 30.3 Å². The van der Waals surface area contributed by atoms with Crippen molar-refractivity contribution < 1.29 is 23.8 Å². The summed E-state index contributed by atoms with van der Waals surface area (Å²) in [6.07, 6.45) is 1.46. The van der Waals surface area contributed by atoms with Crippen LogP contribution in [0.2, 0.25) is 0 Å². The predicted octanol–water partition coefficient (Wildman–Crippen LogP) is 3.93. The Morgan fingerprint density at radius 3 is 2.32 bits per heavy atom. The number of nitrogens with zero attached hydrogens (tertiary/aromatic N) is 1. The SMILES string of the molecule is COc1ccc(C=C(C#N)C(=O)Nc2ccccc2OC)cc1COc1ccccc1C(N)=O. The summed E-state index contributed by atoms with van der Waals surface area (Å²) in [5, 5.41) is 12.2. The lowest BCUT2D eigenvalue weighted by Gasteiger charge is -2.13. The molecule has 3 aromatic carbocycles. The Labute approximate surface area is 197 Å². The Bertz CT molecular complexity index is 1280. The number of carbonyl (C=O) groups excluding carboxylic acids is 2. The molecule has 0 saturated carbocycles. The van der Waals surface area contributed by atoms with Gasteiger partial charge in [0, 0.05) is 5.56 Å². The van der Waals surface area contributed by atoms with Gasteiger partial charge >= 0.3 is 0 Å². The minimum atomic E-state index is -0.598. The number of ether oxygens (including phenoxy) is 3. The number of carbonyl (C=O) groups is 2. The van der Waals surface area contributed by atoms with E-state index in [1.807, 2.05) is 6.07 Å². The number of methoxy groups -OCH3 is 2. The van der Waals surface area contributed by atoms with E-state index in [0.29, 0.717) is 34.1 Å². The molecule has 0 unspecified atom stereocenters. The average molecular weight is 457 g/mol. The van der Waals surface area contributed by atoms with Gasteiger partial charge in [-0.25, -0.2) is 0 Å². The van der Waals surface area contributed by atoms with Crippen LogP contribution >= 0.6 is 0 Å². The summed E-state index contributed by atoms with van der Waals surface area (Å²) in [4.78, 5) is 24.3. The lowest BCUT2D eigenvalue weighted by molar-refractivity contribution is -0.112. The van der Waals surface area contributed by atoms with Gasteiger partial charge in [0.05, 0.1) is 25.5 Å². The van der Waals surface area contributed by atoms with Crippen molar-refractivity contribution in [2.24, 2.45) is 5.73 Å². The van der Waals surface area contributed by atoms with Crippen molar-refractivity contribution in [2.75, 3.05) is 19.5 Å². The average Bonchev–Trinajstić information content (AvgIpc) is 2.86. The monoisotopic (exact) mass is 457 g/mol. The maximum absolute atomic E-state index is 12.7. The number of nitriles is 1. The molecular weight excluding hydrogens is 434 g/mol. The molecule has 0 aromatic heterocycles. The van der Waals surface area contributed by atoms with E-state index in [1.165, 1.54) is 20.3 Å². The molecule has 8 nitrogen and oxygen atoms in total. The third-order valence-corrected chi connectivity index (χ3v) is 4.87. The molecule has 8 heteroatoms. The molecule has 0 heterocycles. The number of hydrogen-bond donors (Lipinski definition) is 2. The van der Waals surface area contributed by atoms with E-state index < -0.39 is 11.8 Å². The fourth-order valence-electron chi connectivity index (χ4n) is 3.21. The van der Waals surface area contributed by atoms with Crippen LogP contribution in [-0.4, -0.2) is 26.0 Å². The Hall–Kier alpha value is -4.77. The van der Waals surface area contributed by atoms with E-state index >= 15 is 0 Å². The molecule has 0 aliphatic heterocycles. The first kappa shape index (κ1) is 23.9. The highest BCUT2D eigenvalue weighted by molar-refractivity contribution is 6.10. The largest absolute Gasteiger partial charge is 0.496 e. The van der Waals surface area contributed by atoms with Gasteiger partial charge in [-0.15, -0.1) is 0 Å². The molecule has 3 aromatic rings. The summed E-state index contributed by atoms with van der Waals surface area (Å²) in [5.41, 5.74) is 7.27. The fraction of sp³-hybridized carbons (Fsp3) is 0.115. The van der Waals surface area contributed by atoms with Crippen molar-refractivity contribution in [1.82, 2.24) is 0 Å². The number of nitrogens with one attached hydrogen (secondary N) is 1. The van der Waals surface area contributed by atoms with Crippen LogP contribution in [0, 0.1) is 11.3 Å². The number of amides is 2. The topological polar surface area (TPSA) is 124 Å². The van der Waals surface area contributed by atoms with Crippen molar-refractivity contribution in [3.05, 3.63) is 89.0 Å². The molecule has 0 atom stereocenters. The predicted molar refractivity (Wildman–Crippen MR) is 127 cm³/mol. The van der Waals surface area contributed by atoms with Crippen LogP contribution in [0.3, 0.4) is 0 Å². The lowest BCUT2D eigenvalue weighted by atomic mass is 10.1. The second-order valence-corrected chi connectivity index (χ2v) is 7.04. The second-order valence-electron chi connectivity index (χ2n) is 7.04. The molecule has 0 bridgehead atoms. The number of nitrogens with two attached hydrogens (primary N) is 1. The Morgan fingerprint density at radius 1 is 0.971 bits per heavy atom. The standard InChI is InChI=1S/C26H23N3O5/c1-32-22-12-11-17(14-19(22)16-34-23-9-5-3-7-20(23)25(28)30)13-18(15-27)26(31)29-21-8-4-6-10-24(21)33-2/h3-14H,16H2,1-2H3,(H2,28,30)(H,29,31). The normalized spacial score (nSPS) is 10.7. The molecule has 0 radical (unpaired) electrons. The van der Waals surface area contributed by atoms with E-state index in [4.69, 9.17) is 19.9 Å². The van der Waals surface area contributed by atoms with E-state index in [1.54, 1.807) is 66.7 Å². The highest BCUT2D eigenvalue weighted by atomic mass is 16.5. The minimum Gasteiger partial charge on any atom is -0.496 e. The first-order valence-electron chi connectivity index (χ1n) is 10.2. The Kier molecular flexibility index (Phi) is 7.87. The molecule has 3 rings (SSSR count). The lowest BCUT2D eigenvalue weighted by Crippen LogP contribution is -2.14. The van der Waals surface area contributed by atoms with Crippen molar-refractivity contribution in [3.63, 3.8) is 0 Å². The van der Waals surface area contributed by atoms with Gasteiger partial charge in [-0.3, -0.25) is 9.59 Å². The maximum atomic E-state index is 12.7. The first-order valence-corrected chi connectivity index (χ1v) is 10.2.